The van der Waals surface area contributed by atoms with Crippen LogP contribution in [-0.4, -0.2) is 56.1 Å². The number of benzene rings is 1. The zero-order valence-electron chi connectivity index (χ0n) is 17.8. The summed E-state index contributed by atoms with van der Waals surface area (Å²) in [5.74, 6) is 0. The van der Waals surface area contributed by atoms with Crippen LogP contribution in [0.15, 0.2) is 35.8 Å². The first-order valence-electron chi connectivity index (χ1n) is 9.83. The minimum Gasteiger partial charge on any atom is -0.391 e. The number of hydrazone groups is 1. The fourth-order valence-corrected chi connectivity index (χ4v) is 3.31. The molecule has 0 aliphatic rings. The van der Waals surface area contributed by atoms with Gasteiger partial charge in [-0.3, -0.25) is 0 Å². The Balaban J connectivity index is 2.17. The second-order valence-electron chi connectivity index (χ2n) is 7.43. The van der Waals surface area contributed by atoms with Gasteiger partial charge < -0.3 is 20.3 Å². The van der Waals surface area contributed by atoms with Crippen LogP contribution in [0.25, 0.3) is 27.1 Å². The van der Waals surface area contributed by atoms with E-state index in [0.29, 0.717) is 18.7 Å². The fraction of sp³-hybridized carbons (Fsp3) is 0.318. The molecule has 0 fully saturated rings. The monoisotopic (exact) mass is 419 g/mol. The summed E-state index contributed by atoms with van der Waals surface area (Å²) in [6.07, 6.45) is 4.85. The van der Waals surface area contributed by atoms with Crippen molar-refractivity contribution in [2.75, 3.05) is 13.1 Å². The largest absolute Gasteiger partial charge is 0.391 e. The van der Waals surface area contributed by atoms with Gasteiger partial charge in [0.25, 0.3) is 0 Å². The Kier molecular flexibility index (Phi) is 6.62. The summed E-state index contributed by atoms with van der Waals surface area (Å²) in [5, 5.41) is 15.7. The third kappa shape index (κ3) is 5.05. The lowest BCUT2D eigenvalue weighted by Crippen LogP contribution is -2.36. The van der Waals surface area contributed by atoms with Crippen molar-refractivity contribution in [1.82, 2.24) is 19.5 Å². The smallest absolute Gasteiger partial charge is 0.335 e. The molecule has 0 spiro atoms. The van der Waals surface area contributed by atoms with Gasteiger partial charge in [-0.2, -0.15) is 5.10 Å². The number of carbonyl (C=O) groups is 1. The van der Waals surface area contributed by atoms with Crippen molar-refractivity contribution in [2.45, 2.75) is 26.4 Å². The summed E-state index contributed by atoms with van der Waals surface area (Å²) in [4.78, 5) is 24.1. The molecule has 2 heterocycles. The van der Waals surface area contributed by atoms with E-state index in [0.717, 1.165) is 38.3 Å². The van der Waals surface area contributed by atoms with Gasteiger partial charge in [-0.15, -0.1) is 0 Å². The number of hydrogen-bond donors (Lipinski definition) is 2. The molecule has 3 aromatic rings. The summed E-state index contributed by atoms with van der Waals surface area (Å²) in [5.41, 5.74) is 10.6. The highest BCUT2D eigenvalue weighted by molar-refractivity contribution is 6.00. The average molecular weight is 419 g/mol. The Labute approximate surface area is 180 Å². The van der Waals surface area contributed by atoms with Gasteiger partial charge in [0.05, 0.1) is 48.3 Å². The number of aryl methyl sites for hydroxylation is 2. The zero-order chi connectivity index (χ0) is 22.5. The van der Waals surface area contributed by atoms with Gasteiger partial charge in [-0.1, -0.05) is 0 Å². The van der Waals surface area contributed by atoms with Crippen molar-refractivity contribution >= 4 is 23.1 Å². The second kappa shape index (κ2) is 9.36. The Morgan fingerprint density at radius 3 is 2.84 bits per heavy atom. The lowest BCUT2D eigenvalue weighted by molar-refractivity contribution is 0.139. The van der Waals surface area contributed by atoms with Crippen LogP contribution in [0.2, 0.25) is 0 Å². The maximum atomic E-state index is 11.7. The van der Waals surface area contributed by atoms with Crippen LogP contribution >= 0.6 is 0 Å². The second-order valence-corrected chi connectivity index (χ2v) is 7.43. The van der Waals surface area contributed by atoms with Crippen LogP contribution in [0, 0.1) is 13.5 Å². The van der Waals surface area contributed by atoms with E-state index in [4.69, 9.17) is 17.3 Å². The number of amides is 2. The molecule has 3 N–H and O–H groups in total. The van der Waals surface area contributed by atoms with Crippen molar-refractivity contribution in [1.29, 1.82) is 0 Å². The molecular formula is C22H25N7O2. The number of aliphatic hydroxyl groups is 1. The van der Waals surface area contributed by atoms with Crippen LogP contribution in [0.4, 0.5) is 4.79 Å². The number of nitrogens with zero attached hydrogens (tertiary/aromatic N) is 6. The highest BCUT2D eigenvalue weighted by Gasteiger charge is 2.14. The molecule has 3 rings (SSSR count). The minimum atomic E-state index is -0.772. The molecule has 160 valence electrons. The third-order valence-electron chi connectivity index (χ3n) is 4.90. The Morgan fingerprint density at radius 1 is 1.45 bits per heavy atom. The van der Waals surface area contributed by atoms with Crippen LogP contribution < -0.4 is 5.73 Å². The maximum Gasteiger partial charge on any atom is 0.335 e. The van der Waals surface area contributed by atoms with E-state index in [1.807, 2.05) is 36.7 Å². The summed E-state index contributed by atoms with van der Waals surface area (Å²) in [6, 6.07) is 5.13. The molecule has 0 saturated heterocycles. The van der Waals surface area contributed by atoms with Gasteiger partial charge in [-0.05, 0) is 43.2 Å². The van der Waals surface area contributed by atoms with Crippen LogP contribution in [-0.2, 0) is 13.5 Å². The molecule has 0 aliphatic carbocycles. The molecule has 0 radical (unpaired) electrons. The first kappa shape index (κ1) is 21.9. The Morgan fingerprint density at radius 2 is 2.23 bits per heavy atom. The van der Waals surface area contributed by atoms with Gasteiger partial charge in [0.1, 0.15) is 0 Å². The lowest BCUT2D eigenvalue weighted by atomic mass is 9.99. The van der Waals surface area contributed by atoms with Gasteiger partial charge in [0, 0.05) is 24.4 Å². The summed E-state index contributed by atoms with van der Waals surface area (Å²) < 4.78 is 1.87. The van der Waals surface area contributed by atoms with Crippen molar-refractivity contribution in [3.8, 4) is 11.4 Å². The molecule has 1 aromatic carbocycles. The van der Waals surface area contributed by atoms with Crippen LogP contribution in [0.3, 0.4) is 0 Å². The quantitative estimate of drug-likeness (QED) is 0.348. The third-order valence-corrected chi connectivity index (χ3v) is 4.90. The molecule has 9 heteroatoms. The number of aliphatic hydroxyl groups excluding tert-OH is 1. The lowest BCUT2D eigenvalue weighted by Gasteiger charge is -2.16. The van der Waals surface area contributed by atoms with Gasteiger partial charge in [0.2, 0.25) is 6.54 Å². The summed E-state index contributed by atoms with van der Waals surface area (Å²) in [6.45, 7) is 11.0. The van der Waals surface area contributed by atoms with E-state index < -0.39 is 12.1 Å². The number of imidazole rings is 1. The first-order chi connectivity index (χ1) is 14.8. The molecule has 0 aliphatic heterocycles. The predicted octanol–water partition coefficient (Wildman–Crippen LogP) is 2.50. The highest BCUT2D eigenvalue weighted by Crippen LogP contribution is 2.26. The van der Waals surface area contributed by atoms with Gasteiger partial charge >= 0.3 is 6.03 Å². The average Bonchev–Trinajstić information content (AvgIpc) is 3.14. The summed E-state index contributed by atoms with van der Waals surface area (Å²) in [7, 11) is 1.89. The molecular weight excluding hydrogens is 394 g/mol. The predicted molar refractivity (Wildman–Crippen MR) is 119 cm³/mol. The SMILES string of the molecule is [C-]#[N+]CCc1cc2c(/C=N/N(CC(C)O)C(N)=O)cc(-c3cncn3C)nc2cc1C. The molecule has 0 saturated carbocycles. The van der Waals surface area contributed by atoms with E-state index >= 15 is 0 Å². The number of urea groups is 1. The van der Waals surface area contributed by atoms with Crippen molar-refractivity contribution in [3.63, 3.8) is 0 Å². The highest BCUT2D eigenvalue weighted by atomic mass is 16.3. The number of primary amides is 1. The number of fused-ring (bicyclic) bond motifs is 1. The molecule has 2 aromatic heterocycles. The van der Waals surface area contributed by atoms with E-state index in [9.17, 15) is 9.90 Å². The fourth-order valence-electron chi connectivity index (χ4n) is 3.31. The number of pyridine rings is 1. The van der Waals surface area contributed by atoms with Crippen LogP contribution in [0.1, 0.15) is 23.6 Å². The molecule has 2 amide bonds. The molecule has 1 atom stereocenters. The molecule has 1 unspecified atom stereocenters. The normalized spacial score (nSPS) is 12.2. The van der Waals surface area contributed by atoms with Crippen LogP contribution in [0.5, 0.6) is 0 Å². The minimum absolute atomic E-state index is 0.0151. The standard InChI is InChI=1S/C22H25N7O2/c1-14-7-19-18(8-16(14)5-6-24-3)17(10-26-29(22(23)31)12-15(2)30)9-20(27-19)21-11-25-13-28(21)4/h7-11,13,15,30H,5-6,12H2,1-2,4H3,(H2,23,31)/b26-10+. The van der Waals surface area contributed by atoms with Crippen molar-refractivity contribution in [3.05, 3.63) is 58.8 Å². The Bertz CT molecular complexity index is 1170. The molecule has 9 nitrogen and oxygen atoms in total. The molecule has 0 bridgehead atoms. The van der Waals surface area contributed by atoms with E-state index in [2.05, 4.69) is 14.9 Å². The van der Waals surface area contributed by atoms with E-state index in [-0.39, 0.29) is 6.54 Å². The zero-order valence-corrected chi connectivity index (χ0v) is 17.8. The summed E-state index contributed by atoms with van der Waals surface area (Å²) >= 11 is 0. The maximum absolute atomic E-state index is 11.7. The van der Waals surface area contributed by atoms with Gasteiger partial charge in [-0.25, -0.2) is 26.3 Å². The Hall–Kier alpha value is -3.77. The number of aromatic nitrogens is 3. The number of nitrogens with two attached hydrogens (primary N) is 1. The molecule has 31 heavy (non-hydrogen) atoms. The number of hydrogen-bond acceptors (Lipinski definition) is 5. The topological polar surface area (TPSA) is 114 Å². The van der Waals surface area contributed by atoms with Crippen molar-refractivity contribution in [2.24, 2.45) is 17.9 Å². The van der Waals surface area contributed by atoms with E-state index in [1.54, 1.807) is 25.7 Å². The number of rotatable bonds is 7. The number of carbonyl (C=O) groups excluding carboxylic acids is 1. The van der Waals surface area contributed by atoms with E-state index in [1.165, 1.54) is 0 Å². The van der Waals surface area contributed by atoms with Gasteiger partial charge in [0.15, 0.2) is 0 Å². The van der Waals surface area contributed by atoms with Crippen molar-refractivity contribution < 1.29 is 9.90 Å². The first-order valence-corrected chi connectivity index (χ1v) is 9.83.